The van der Waals surface area contributed by atoms with Gasteiger partial charge in [0.25, 0.3) is 0 Å². The van der Waals surface area contributed by atoms with Gasteiger partial charge in [-0.1, -0.05) is 0 Å². The number of benzene rings is 1. The summed E-state index contributed by atoms with van der Waals surface area (Å²) in [4.78, 5) is 2.57. The molecule has 2 heterocycles. The lowest BCUT2D eigenvalue weighted by molar-refractivity contribution is -0.00790. The Labute approximate surface area is 125 Å². The number of hydrogen-bond donors (Lipinski definition) is 1. The lowest BCUT2D eigenvalue weighted by atomic mass is 9.87. The van der Waals surface area contributed by atoms with Crippen molar-refractivity contribution in [3.8, 4) is 11.5 Å². The summed E-state index contributed by atoms with van der Waals surface area (Å²) in [6.45, 7) is 3.22. The minimum absolute atomic E-state index is 0.235. The van der Waals surface area contributed by atoms with Crippen LogP contribution in [-0.4, -0.2) is 41.3 Å². The third-order valence-electron chi connectivity index (χ3n) is 5.19. The van der Waals surface area contributed by atoms with E-state index in [0.29, 0.717) is 12.5 Å². The van der Waals surface area contributed by atoms with Crippen molar-refractivity contribution in [3.05, 3.63) is 23.8 Å². The molecule has 114 valence electrons. The first kappa shape index (κ1) is 13.4. The van der Waals surface area contributed by atoms with Crippen LogP contribution in [0.2, 0.25) is 0 Å². The highest BCUT2D eigenvalue weighted by Crippen LogP contribution is 2.48. The Kier molecular flexibility index (Phi) is 2.95. The molecule has 1 aromatic carbocycles. The van der Waals surface area contributed by atoms with Crippen LogP contribution in [0.1, 0.15) is 44.3 Å². The van der Waals surface area contributed by atoms with Crippen molar-refractivity contribution in [2.75, 3.05) is 13.7 Å². The third kappa shape index (κ3) is 2.21. The Morgan fingerprint density at radius 2 is 2.14 bits per heavy atom. The van der Waals surface area contributed by atoms with E-state index in [9.17, 15) is 5.11 Å². The highest BCUT2D eigenvalue weighted by molar-refractivity contribution is 5.44. The van der Waals surface area contributed by atoms with Gasteiger partial charge in [-0.2, -0.15) is 0 Å². The summed E-state index contributed by atoms with van der Waals surface area (Å²) >= 11 is 0. The maximum atomic E-state index is 10.5. The molecule has 3 unspecified atom stereocenters. The molecule has 1 saturated carbocycles. The second-order valence-corrected chi connectivity index (χ2v) is 6.87. The summed E-state index contributed by atoms with van der Waals surface area (Å²) in [5.74, 6) is 1.57. The van der Waals surface area contributed by atoms with Gasteiger partial charge in [-0.25, -0.2) is 0 Å². The van der Waals surface area contributed by atoms with Crippen molar-refractivity contribution in [2.45, 2.75) is 56.4 Å². The first-order valence-electron chi connectivity index (χ1n) is 7.91. The van der Waals surface area contributed by atoms with E-state index in [4.69, 9.17) is 9.47 Å². The van der Waals surface area contributed by atoms with E-state index in [2.05, 4.69) is 11.8 Å². The molecule has 4 heteroatoms. The first-order chi connectivity index (χ1) is 10.1. The Hall–Kier alpha value is -1.26. The van der Waals surface area contributed by atoms with Crippen LogP contribution in [0.25, 0.3) is 0 Å². The van der Waals surface area contributed by atoms with Crippen LogP contribution in [0.15, 0.2) is 18.2 Å². The largest absolute Gasteiger partial charge is 0.497 e. The molecule has 4 rings (SSSR count). The van der Waals surface area contributed by atoms with Gasteiger partial charge in [0, 0.05) is 43.1 Å². The number of nitrogens with zero attached hydrogens (tertiary/aromatic N) is 1. The number of hydrogen-bond acceptors (Lipinski definition) is 4. The molecule has 1 N–H and O–H groups in total. The van der Waals surface area contributed by atoms with Gasteiger partial charge >= 0.3 is 0 Å². The maximum absolute atomic E-state index is 10.5. The number of aliphatic hydroxyl groups is 1. The molecule has 4 nitrogen and oxygen atoms in total. The van der Waals surface area contributed by atoms with Crippen molar-refractivity contribution in [2.24, 2.45) is 0 Å². The quantitative estimate of drug-likeness (QED) is 0.908. The van der Waals surface area contributed by atoms with E-state index in [-0.39, 0.29) is 5.60 Å². The average molecular weight is 289 g/mol. The van der Waals surface area contributed by atoms with Gasteiger partial charge < -0.3 is 14.6 Å². The van der Waals surface area contributed by atoms with E-state index in [1.807, 2.05) is 18.2 Å². The lowest BCUT2D eigenvalue weighted by Crippen LogP contribution is -2.44. The highest BCUT2D eigenvalue weighted by atomic mass is 16.5. The summed E-state index contributed by atoms with van der Waals surface area (Å²) in [6, 6.07) is 6.99. The van der Waals surface area contributed by atoms with Gasteiger partial charge in [-0.3, -0.25) is 4.90 Å². The van der Waals surface area contributed by atoms with Gasteiger partial charge in [-0.05, 0) is 31.9 Å². The van der Waals surface area contributed by atoms with Gasteiger partial charge in [0.15, 0.2) is 0 Å². The van der Waals surface area contributed by atoms with Crippen LogP contribution in [0.3, 0.4) is 0 Å². The molecule has 0 aromatic heterocycles. The third-order valence-corrected chi connectivity index (χ3v) is 5.19. The molecule has 3 aliphatic rings. The second kappa shape index (κ2) is 4.62. The van der Waals surface area contributed by atoms with Crippen molar-refractivity contribution in [1.29, 1.82) is 0 Å². The summed E-state index contributed by atoms with van der Waals surface area (Å²) in [5.41, 5.74) is 0.653. The molecule has 0 bridgehead atoms. The monoisotopic (exact) mass is 289 g/mol. The zero-order valence-corrected chi connectivity index (χ0v) is 12.7. The van der Waals surface area contributed by atoms with Gasteiger partial charge in [0.2, 0.25) is 0 Å². The molecule has 1 saturated heterocycles. The summed E-state index contributed by atoms with van der Waals surface area (Å²) in [6.07, 6.45) is 3.88. The van der Waals surface area contributed by atoms with Crippen LogP contribution < -0.4 is 9.47 Å². The topological polar surface area (TPSA) is 41.9 Å². The van der Waals surface area contributed by atoms with Gasteiger partial charge in [-0.15, -0.1) is 0 Å². The van der Waals surface area contributed by atoms with Crippen LogP contribution >= 0.6 is 0 Å². The normalized spacial score (nSPS) is 35.6. The first-order valence-corrected chi connectivity index (χ1v) is 7.91. The van der Waals surface area contributed by atoms with E-state index in [1.165, 1.54) is 12.8 Å². The Morgan fingerprint density at radius 1 is 1.33 bits per heavy atom. The Balaban J connectivity index is 1.64. The molecular formula is C17H23NO3. The maximum Gasteiger partial charge on any atom is 0.129 e. The smallest absolute Gasteiger partial charge is 0.129 e. The zero-order chi connectivity index (χ0) is 14.6. The molecule has 2 fully saturated rings. The van der Waals surface area contributed by atoms with Crippen molar-refractivity contribution >= 4 is 0 Å². The van der Waals surface area contributed by atoms with Gasteiger partial charge in [0.05, 0.1) is 13.2 Å². The minimum Gasteiger partial charge on any atom is -0.497 e. The molecule has 2 aliphatic heterocycles. The SMILES string of the molecule is COc1ccc2c(c1)OC1(CC2O)CC(C)N(C2CC2)C1. The second-order valence-electron chi connectivity index (χ2n) is 6.87. The molecule has 1 spiro atoms. The van der Waals surface area contributed by atoms with Crippen LogP contribution in [0.5, 0.6) is 11.5 Å². The Bertz CT molecular complexity index is 557. The molecule has 1 aliphatic carbocycles. The van der Waals surface area contributed by atoms with E-state index < -0.39 is 6.10 Å². The number of ether oxygens (including phenoxy) is 2. The molecule has 1 aromatic rings. The summed E-state index contributed by atoms with van der Waals surface area (Å²) in [5, 5.41) is 10.5. The fraction of sp³-hybridized carbons (Fsp3) is 0.647. The molecular weight excluding hydrogens is 266 g/mol. The molecule has 21 heavy (non-hydrogen) atoms. The standard InChI is InChI=1S/C17H23NO3/c1-11-8-17(10-18(11)12-3-4-12)9-15(19)14-6-5-13(20-2)7-16(14)21-17/h5-7,11-12,15,19H,3-4,8-10H2,1-2H3. The number of fused-ring (bicyclic) bond motifs is 1. The zero-order valence-electron chi connectivity index (χ0n) is 12.7. The summed E-state index contributed by atoms with van der Waals surface area (Å²) < 4.78 is 11.7. The van der Waals surface area contributed by atoms with Crippen LogP contribution in [-0.2, 0) is 0 Å². The molecule has 3 atom stereocenters. The predicted octanol–water partition coefficient (Wildman–Crippen LogP) is 2.51. The number of rotatable bonds is 2. The summed E-state index contributed by atoms with van der Waals surface area (Å²) in [7, 11) is 1.66. The molecule has 0 radical (unpaired) electrons. The number of methoxy groups -OCH3 is 1. The number of aliphatic hydroxyl groups excluding tert-OH is 1. The fourth-order valence-electron chi connectivity index (χ4n) is 4.07. The number of likely N-dealkylation sites (tertiary alicyclic amines) is 1. The van der Waals surface area contributed by atoms with Gasteiger partial charge in [0.1, 0.15) is 17.1 Å². The van der Waals surface area contributed by atoms with Crippen LogP contribution in [0.4, 0.5) is 0 Å². The lowest BCUT2D eigenvalue weighted by Gasteiger charge is -2.38. The average Bonchev–Trinajstić information content (AvgIpc) is 3.24. The molecule has 0 amide bonds. The van der Waals surface area contributed by atoms with Crippen molar-refractivity contribution in [1.82, 2.24) is 4.90 Å². The van der Waals surface area contributed by atoms with Crippen LogP contribution in [0, 0.1) is 0 Å². The fourth-order valence-corrected chi connectivity index (χ4v) is 4.07. The van der Waals surface area contributed by atoms with Crippen molar-refractivity contribution < 1.29 is 14.6 Å². The Morgan fingerprint density at radius 3 is 2.86 bits per heavy atom. The van der Waals surface area contributed by atoms with E-state index in [1.54, 1.807) is 7.11 Å². The predicted molar refractivity (Wildman–Crippen MR) is 79.7 cm³/mol. The van der Waals surface area contributed by atoms with E-state index in [0.717, 1.165) is 36.1 Å². The van der Waals surface area contributed by atoms with E-state index >= 15 is 0 Å². The minimum atomic E-state index is -0.439. The van der Waals surface area contributed by atoms with Crippen molar-refractivity contribution in [3.63, 3.8) is 0 Å². The highest BCUT2D eigenvalue weighted by Gasteiger charge is 2.51.